The van der Waals surface area contributed by atoms with Crippen LogP contribution in [0.15, 0.2) is 72.8 Å². The minimum atomic E-state index is -0.195. The summed E-state index contributed by atoms with van der Waals surface area (Å²) in [5.41, 5.74) is 3.77. The number of nitrogens with zero attached hydrogens (tertiary/aromatic N) is 2. The van der Waals surface area contributed by atoms with Gasteiger partial charge >= 0.3 is 0 Å². The Hall–Kier alpha value is -3.91. The van der Waals surface area contributed by atoms with Gasteiger partial charge in [0.1, 0.15) is 5.75 Å². The van der Waals surface area contributed by atoms with Crippen LogP contribution >= 0.6 is 0 Å². The first-order valence-electron chi connectivity index (χ1n) is 10.4. The van der Waals surface area contributed by atoms with Crippen LogP contribution in [0, 0.1) is 11.3 Å². The highest BCUT2D eigenvalue weighted by Crippen LogP contribution is 2.24. The maximum atomic E-state index is 12.3. The molecule has 5 nitrogen and oxygen atoms in total. The fourth-order valence-electron chi connectivity index (χ4n) is 3.66. The van der Waals surface area contributed by atoms with Crippen molar-refractivity contribution >= 4 is 11.8 Å². The van der Waals surface area contributed by atoms with Gasteiger partial charge in [-0.15, -0.1) is 0 Å². The molecule has 0 saturated carbocycles. The normalized spacial score (nSPS) is 12.5. The quantitative estimate of drug-likeness (QED) is 0.384. The molecule has 0 spiro atoms. The first-order chi connectivity index (χ1) is 15.2. The Morgan fingerprint density at radius 1 is 0.742 bits per heavy atom. The minimum Gasteiger partial charge on any atom is -0.494 e. The van der Waals surface area contributed by atoms with E-state index >= 15 is 0 Å². The number of carbonyl (C=O) groups is 2. The highest BCUT2D eigenvalue weighted by atomic mass is 16.5. The Morgan fingerprint density at radius 3 is 1.90 bits per heavy atom. The first kappa shape index (κ1) is 20.4. The number of carbonyl (C=O) groups excluding carboxylic acids is 2. The Balaban J connectivity index is 1.19. The zero-order valence-corrected chi connectivity index (χ0v) is 17.1. The second-order valence-corrected chi connectivity index (χ2v) is 7.43. The largest absolute Gasteiger partial charge is 0.494 e. The molecule has 1 aliphatic heterocycles. The van der Waals surface area contributed by atoms with Crippen molar-refractivity contribution in [3.63, 3.8) is 0 Å². The van der Waals surface area contributed by atoms with Crippen LogP contribution in [0.1, 0.15) is 45.5 Å². The van der Waals surface area contributed by atoms with Crippen molar-refractivity contribution < 1.29 is 14.3 Å². The van der Waals surface area contributed by atoms with Crippen molar-refractivity contribution in [1.29, 1.82) is 5.26 Å². The van der Waals surface area contributed by atoms with Crippen LogP contribution in [0.3, 0.4) is 0 Å². The topological polar surface area (TPSA) is 70.4 Å². The van der Waals surface area contributed by atoms with Crippen LogP contribution in [-0.4, -0.2) is 29.9 Å². The van der Waals surface area contributed by atoms with Gasteiger partial charge in [-0.25, -0.2) is 0 Å². The monoisotopic (exact) mass is 410 g/mol. The third-order valence-corrected chi connectivity index (χ3v) is 5.37. The van der Waals surface area contributed by atoms with Gasteiger partial charge < -0.3 is 4.74 Å². The molecule has 3 aromatic carbocycles. The smallest absolute Gasteiger partial charge is 0.261 e. The lowest BCUT2D eigenvalue weighted by Gasteiger charge is -2.13. The summed E-state index contributed by atoms with van der Waals surface area (Å²) in [5, 5.41) is 8.89. The summed E-state index contributed by atoms with van der Waals surface area (Å²) in [6.45, 7) is 1.02. The van der Waals surface area contributed by atoms with Crippen LogP contribution in [-0.2, 0) is 0 Å². The minimum absolute atomic E-state index is 0.195. The Bertz CT molecular complexity index is 1090. The summed E-state index contributed by atoms with van der Waals surface area (Å²) >= 11 is 0. The molecule has 31 heavy (non-hydrogen) atoms. The molecule has 0 bridgehead atoms. The van der Waals surface area contributed by atoms with Gasteiger partial charge in [-0.2, -0.15) is 5.26 Å². The first-order valence-corrected chi connectivity index (χ1v) is 10.4. The zero-order chi connectivity index (χ0) is 21.6. The van der Waals surface area contributed by atoms with Crippen LogP contribution in [0.5, 0.6) is 5.75 Å². The molecule has 0 unspecified atom stereocenters. The van der Waals surface area contributed by atoms with Crippen molar-refractivity contribution in [1.82, 2.24) is 4.90 Å². The molecular weight excluding hydrogens is 388 g/mol. The van der Waals surface area contributed by atoms with E-state index in [0.717, 1.165) is 36.1 Å². The number of amides is 2. The zero-order valence-electron chi connectivity index (χ0n) is 17.1. The Kier molecular flexibility index (Phi) is 6.09. The van der Waals surface area contributed by atoms with E-state index in [0.29, 0.717) is 29.8 Å². The molecule has 5 heteroatoms. The molecule has 1 heterocycles. The number of fused-ring (bicyclic) bond motifs is 1. The molecule has 0 saturated heterocycles. The number of rotatable bonds is 8. The number of unbranched alkanes of at least 4 members (excludes halogenated alkanes) is 2. The summed E-state index contributed by atoms with van der Waals surface area (Å²) < 4.78 is 5.81. The maximum Gasteiger partial charge on any atom is 0.261 e. The van der Waals surface area contributed by atoms with Crippen LogP contribution in [0.25, 0.3) is 11.1 Å². The lowest BCUT2D eigenvalue weighted by atomic mass is 10.0. The number of ether oxygens (including phenoxy) is 1. The second kappa shape index (κ2) is 9.27. The van der Waals surface area contributed by atoms with Gasteiger partial charge in [0.25, 0.3) is 11.8 Å². The van der Waals surface area contributed by atoms with Gasteiger partial charge in [-0.3, -0.25) is 14.5 Å². The summed E-state index contributed by atoms with van der Waals surface area (Å²) in [7, 11) is 0. The van der Waals surface area contributed by atoms with E-state index in [1.165, 1.54) is 4.90 Å². The predicted molar refractivity (Wildman–Crippen MR) is 118 cm³/mol. The van der Waals surface area contributed by atoms with E-state index in [9.17, 15) is 9.59 Å². The van der Waals surface area contributed by atoms with Gasteiger partial charge in [-0.1, -0.05) is 36.4 Å². The number of benzene rings is 3. The third kappa shape index (κ3) is 4.49. The van der Waals surface area contributed by atoms with E-state index in [4.69, 9.17) is 10.00 Å². The van der Waals surface area contributed by atoms with Gasteiger partial charge in [0, 0.05) is 6.54 Å². The van der Waals surface area contributed by atoms with E-state index in [-0.39, 0.29) is 11.8 Å². The summed E-state index contributed by atoms with van der Waals surface area (Å²) in [6.07, 6.45) is 2.48. The predicted octanol–water partition coefficient (Wildman–Crippen LogP) is 5.07. The SMILES string of the molecule is N#Cc1ccc(-c2ccc(OCCCCCN3C(=O)c4ccccc4C3=O)cc2)cc1. The lowest BCUT2D eigenvalue weighted by molar-refractivity contribution is 0.0651. The van der Waals surface area contributed by atoms with Crippen LogP contribution in [0.2, 0.25) is 0 Å². The Labute approximate surface area is 181 Å². The third-order valence-electron chi connectivity index (χ3n) is 5.37. The number of imide groups is 1. The molecule has 3 aromatic rings. The average Bonchev–Trinajstić information content (AvgIpc) is 3.06. The molecule has 2 amide bonds. The highest BCUT2D eigenvalue weighted by molar-refractivity contribution is 6.21. The van der Waals surface area contributed by atoms with E-state index in [2.05, 4.69) is 6.07 Å². The summed E-state index contributed by atoms with van der Waals surface area (Å²) in [6, 6.07) is 24.4. The highest BCUT2D eigenvalue weighted by Gasteiger charge is 2.34. The molecule has 0 N–H and O–H groups in total. The van der Waals surface area contributed by atoms with Crippen molar-refractivity contribution in [3.8, 4) is 22.9 Å². The molecule has 0 atom stereocenters. The number of hydrogen-bond donors (Lipinski definition) is 0. The number of hydrogen-bond acceptors (Lipinski definition) is 4. The number of nitriles is 1. The molecule has 0 radical (unpaired) electrons. The second-order valence-electron chi connectivity index (χ2n) is 7.43. The fraction of sp³-hybridized carbons (Fsp3) is 0.192. The molecule has 4 rings (SSSR count). The molecular formula is C26H22N2O3. The lowest BCUT2D eigenvalue weighted by Crippen LogP contribution is -2.30. The van der Waals surface area contributed by atoms with E-state index in [1.807, 2.05) is 48.5 Å². The molecule has 154 valence electrons. The van der Waals surface area contributed by atoms with Gasteiger partial charge in [0.05, 0.1) is 29.4 Å². The van der Waals surface area contributed by atoms with Gasteiger partial charge in [0.2, 0.25) is 0 Å². The fourth-order valence-corrected chi connectivity index (χ4v) is 3.66. The summed E-state index contributed by atoms with van der Waals surface area (Å²) in [4.78, 5) is 26.0. The Morgan fingerprint density at radius 2 is 1.32 bits per heavy atom. The standard InChI is InChI=1S/C26H22N2O3/c27-18-19-8-10-20(11-9-19)21-12-14-22(15-13-21)31-17-5-1-4-16-28-25(29)23-6-2-3-7-24(23)26(28)30/h2-3,6-15H,1,4-5,16-17H2. The molecule has 1 aliphatic rings. The van der Waals surface area contributed by atoms with Crippen molar-refractivity contribution in [2.75, 3.05) is 13.2 Å². The van der Waals surface area contributed by atoms with Crippen molar-refractivity contribution in [2.24, 2.45) is 0 Å². The maximum absolute atomic E-state index is 12.3. The van der Waals surface area contributed by atoms with Crippen molar-refractivity contribution in [3.05, 3.63) is 89.5 Å². The van der Waals surface area contributed by atoms with Crippen LogP contribution < -0.4 is 4.74 Å². The average molecular weight is 410 g/mol. The molecule has 0 aliphatic carbocycles. The molecule has 0 fully saturated rings. The van der Waals surface area contributed by atoms with Gasteiger partial charge in [-0.05, 0) is 66.8 Å². The van der Waals surface area contributed by atoms with E-state index in [1.54, 1.807) is 24.3 Å². The molecule has 0 aromatic heterocycles. The summed E-state index contributed by atoms with van der Waals surface area (Å²) in [5.74, 6) is 0.413. The van der Waals surface area contributed by atoms with E-state index < -0.39 is 0 Å². The van der Waals surface area contributed by atoms with Crippen molar-refractivity contribution in [2.45, 2.75) is 19.3 Å². The van der Waals surface area contributed by atoms with Crippen LogP contribution in [0.4, 0.5) is 0 Å². The van der Waals surface area contributed by atoms with Gasteiger partial charge in [0.15, 0.2) is 0 Å².